The second-order valence-corrected chi connectivity index (χ2v) is 3.53. The van der Waals surface area contributed by atoms with E-state index in [2.05, 4.69) is 17.4 Å². The number of alkyl halides is 1. The Hall–Kier alpha value is -1.83. The van der Waals surface area contributed by atoms with Gasteiger partial charge in [-0.15, -0.1) is 0 Å². The van der Waals surface area contributed by atoms with E-state index in [1.165, 1.54) is 0 Å². The van der Waals surface area contributed by atoms with Gasteiger partial charge in [-0.05, 0) is 11.6 Å². The molecule has 0 atom stereocenters. The molecule has 0 fully saturated rings. The van der Waals surface area contributed by atoms with Crippen LogP contribution in [0.2, 0.25) is 0 Å². The largest absolute Gasteiger partial charge is 0.382 e. The Morgan fingerprint density at radius 1 is 0.875 bits per heavy atom. The molecule has 2 aromatic carbocycles. The third-order valence-corrected chi connectivity index (χ3v) is 2.42. The van der Waals surface area contributed by atoms with Crippen LogP contribution < -0.4 is 5.32 Å². The number of anilines is 1. The summed E-state index contributed by atoms with van der Waals surface area (Å²) in [7, 11) is 0. The summed E-state index contributed by atoms with van der Waals surface area (Å²) >= 11 is 0. The van der Waals surface area contributed by atoms with Gasteiger partial charge in [0.1, 0.15) is 6.67 Å². The summed E-state index contributed by atoms with van der Waals surface area (Å²) in [6, 6.07) is 18.0. The molecule has 0 radical (unpaired) electrons. The SMILES string of the molecule is FCCNc1ccccc1-c1ccccc1. The van der Waals surface area contributed by atoms with Crippen LogP contribution in [0.3, 0.4) is 0 Å². The molecular weight excluding hydrogens is 201 g/mol. The van der Waals surface area contributed by atoms with Crippen molar-refractivity contribution in [1.82, 2.24) is 0 Å². The van der Waals surface area contributed by atoms with Gasteiger partial charge in [-0.2, -0.15) is 0 Å². The highest BCUT2D eigenvalue weighted by molar-refractivity contribution is 5.77. The Kier molecular flexibility index (Phi) is 3.54. The summed E-state index contributed by atoms with van der Waals surface area (Å²) in [4.78, 5) is 0. The second-order valence-electron chi connectivity index (χ2n) is 3.53. The van der Waals surface area contributed by atoms with Crippen LogP contribution in [0.1, 0.15) is 0 Å². The van der Waals surface area contributed by atoms with Crippen molar-refractivity contribution >= 4 is 5.69 Å². The lowest BCUT2D eigenvalue weighted by Gasteiger charge is -2.10. The fraction of sp³-hybridized carbons (Fsp3) is 0.143. The van der Waals surface area contributed by atoms with Crippen molar-refractivity contribution in [3.8, 4) is 11.1 Å². The van der Waals surface area contributed by atoms with Crippen LogP contribution in [0.4, 0.5) is 10.1 Å². The first-order chi connectivity index (χ1) is 7.92. The molecule has 0 aliphatic heterocycles. The summed E-state index contributed by atoms with van der Waals surface area (Å²) < 4.78 is 12.2. The molecule has 0 aliphatic rings. The number of hydrogen-bond donors (Lipinski definition) is 1. The quantitative estimate of drug-likeness (QED) is 0.819. The Morgan fingerprint density at radius 3 is 2.31 bits per heavy atom. The smallest absolute Gasteiger partial charge is 0.107 e. The Morgan fingerprint density at radius 2 is 1.56 bits per heavy atom. The zero-order valence-electron chi connectivity index (χ0n) is 8.99. The first kappa shape index (κ1) is 10.7. The minimum Gasteiger partial charge on any atom is -0.382 e. The molecule has 1 nitrogen and oxygen atoms in total. The first-order valence-electron chi connectivity index (χ1n) is 5.36. The molecular formula is C14H14FN. The lowest BCUT2D eigenvalue weighted by molar-refractivity contribution is 0.513. The van der Waals surface area contributed by atoms with Crippen LogP contribution in [-0.2, 0) is 0 Å². The average Bonchev–Trinajstić information content (AvgIpc) is 2.38. The maximum Gasteiger partial charge on any atom is 0.107 e. The standard InChI is InChI=1S/C14H14FN/c15-10-11-16-14-9-5-4-8-13(14)12-6-2-1-3-7-12/h1-9,16H,10-11H2. The topological polar surface area (TPSA) is 12.0 Å². The van der Waals surface area contributed by atoms with E-state index >= 15 is 0 Å². The van der Waals surface area contributed by atoms with Gasteiger partial charge in [0, 0.05) is 17.8 Å². The van der Waals surface area contributed by atoms with Crippen LogP contribution >= 0.6 is 0 Å². The van der Waals surface area contributed by atoms with Crippen molar-refractivity contribution < 1.29 is 4.39 Å². The number of hydrogen-bond acceptors (Lipinski definition) is 1. The normalized spacial score (nSPS) is 10.1. The molecule has 0 amide bonds. The minimum absolute atomic E-state index is 0.351. The Labute approximate surface area is 94.9 Å². The number of nitrogens with one attached hydrogen (secondary N) is 1. The molecule has 82 valence electrons. The molecule has 0 spiro atoms. The van der Waals surface area contributed by atoms with Crippen molar-refractivity contribution in [2.24, 2.45) is 0 Å². The van der Waals surface area contributed by atoms with Crippen molar-refractivity contribution in [3.63, 3.8) is 0 Å². The van der Waals surface area contributed by atoms with Crippen molar-refractivity contribution in [2.45, 2.75) is 0 Å². The van der Waals surface area contributed by atoms with Crippen LogP contribution in [0.25, 0.3) is 11.1 Å². The van der Waals surface area contributed by atoms with Crippen LogP contribution in [0, 0.1) is 0 Å². The van der Waals surface area contributed by atoms with Gasteiger partial charge in [0.25, 0.3) is 0 Å². The molecule has 0 saturated carbocycles. The summed E-state index contributed by atoms with van der Waals surface area (Å²) in [6.07, 6.45) is 0. The molecule has 0 unspecified atom stereocenters. The van der Waals surface area contributed by atoms with Crippen LogP contribution in [0.5, 0.6) is 0 Å². The number of para-hydroxylation sites is 1. The molecule has 0 aromatic heterocycles. The highest BCUT2D eigenvalue weighted by Gasteiger charge is 2.02. The Bertz CT molecular complexity index is 439. The van der Waals surface area contributed by atoms with Gasteiger partial charge in [0.15, 0.2) is 0 Å². The number of rotatable bonds is 4. The fourth-order valence-electron chi connectivity index (χ4n) is 1.69. The molecule has 0 saturated heterocycles. The van der Waals surface area contributed by atoms with E-state index in [0.29, 0.717) is 6.54 Å². The van der Waals surface area contributed by atoms with E-state index in [-0.39, 0.29) is 6.67 Å². The van der Waals surface area contributed by atoms with E-state index < -0.39 is 0 Å². The third kappa shape index (κ3) is 2.40. The van der Waals surface area contributed by atoms with E-state index in [1.807, 2.05) is 42.5 Å². The molecule has 0 heterocycles. The number of benzene rings is 2. The lowest BCUT2D eigenvalue weighted by Crippen LogP contribution is -2.03. The monoisotopic (exact) mass is 215 g/mol. The van der Waals surface area contributed by atoms with E-state index in [9.17, 15) is 4.39 Å². The molecule has 16 heavy (non-hydrogen) atoms. The number of halogens is 1. The summed E-state index contributed by atoms with van der Waals surface area (Å²) in [5.74, 6) is 0. The first-order valence-corrected chi connectivity index (χ1v) is 5.36. The van der Waals surface area contributed by atoms with Crippen LogP contribution in [-0.4, -0.2) is 13.2 Å². The maximum atomic E-state index is 12.2. The van der Waals surface area contributed by atoms with Crippen molar-refractivity contribution in [2.75, 3.05) is 18.5 Å². The summed E-state index contributed by atoms with van der Waals surface area (Å²) in [5.41, 5.74) is 3.23. The van der Waals surface area contributed by atoms with Crippen LogP contribution in [0.15, 0.2) is 54.6 Å². The summed E-state index contributed by atoms with van der Waals surface area (Å²) in [5, 5.41) is 3.09. The van der Waals surface area contributed by atoms with Gasteiger partial charge >= 0.3 is 0 Å². The van der Waals surface area contributed by atoms with Crippen molar-refractivity contribution in [1.29, 1.82) is 0 Å². The van der Waals surface area contributed by atoms with Gasteiger partial charge in [-0.25, -0.2) is 4.39 Å². The van der Waals surface area contributed by atoms with Gasteiger partial charge in [0.05, 0.1) is 0 Å². The highest BCUT2D eigenvalue weighted by Crippen LogP contribution is 2.27. The van der Waals surface area contributed by atoms with Gasteiger partial charge < -0.3 is 5.32 Å². The minimum atomic E-state index is -0.358. The summed E-state index contributed by atoms with van der Waals surface area (Å²) in [6.45, 7) is -0.00697. The van der Waals surface area contributed by atoms with Crippen molar-refractivity contribution in [3.05, 3.63) is 54.6 Å². The maximum absolute atomic E-state index is 12.2. The predicted octanol–water partition coefficient (Wildman–Crippen LogP) is 3.74. The zero-order valence-corrected chi connectivity index (χ0v) is 8.99. The van der Waals surface area contributed by atoms with Gasteiger partial charge in [-0.3, -0.25) is 0 Å². The fourth-order valence-corrected chi connectivity index (χ4v) is 1.69. The molecule has 2 rings (SSSR count). The molecule has 0 bridgehead atoms. The zero-order chi connectivity index (χ0) is 11.2. The second kappa shape index (κ2) is 5.31. The average molecular weight is 215 g/mol. The van der Waals surface area contributed by atoms with E-state index in [1.54, 1.807) is 0 Å². The predicted molar refractivity (Wildman–Crippen MR) is 66.3 cm³/mol. The highest BCUT2D eigenvalue weighted by atomic mass is 19.1. The van der Waals surface area contributed by atoms with E-state index in [0.717, 1.165) is 16.8 Å². The molecule has 0 aliphatic carbocycles. The Balaban J connectivity index is 2.33. The lowest BCUT2D eigenvalue weighted by atomic mass is 10.0. The van der Waals surface area contributed by atoms with E-state index in [4.69, 9.17) is 0 Å². The third-order valence-electron chi connectivity index (χ3n) is 2.42. The molecule has 2 heteroatoms. The van der Waals surface area contributed by atoms with Gasteiger partial charge in [-0.1, -0.05) is 48.5 Å². The molecule has 2 aromatic rings. The van der Waals surface area contributed by atoms with Gasteiger partial charge in [0.2, 0.25) is 0 Å². The molecule has 1 N–H and O–H groups in total.